The molecule has 0 bridgehead atoms. The highest BCUT2D eigenvalue weighted by molar-refractivity contribution is 6.30. The lowest BCUT2D eigenvalue weighted by Crippen LogP contribution is -2.40. The SMILES string of the molecule is CCn1c(=O)n(CCCO)c(=O)c2c1nc(-c1ccc(OC3CC(C)C3)nc1C)n2Cc1ccc(Cl)cc1. The predicted molar refractivity (Wildman–Crippen MR) is 147 cm³/mol. The van der Waals surface area contributed by atoms with E-state index in [2.05, 4.69) is 6.92 Å². The molecule has 1 aliphatic carbocycles. The third-order valence-electron chi connectivity index (χ3n) is 7.14. The number of aliphatic hydroxyl groups is 1. The number of halogens is 1. The Labute approximate surface area is 225 Å². The zero-order valence-corrected chi connectivity index (χ0v) is 22.6. The maximum atomic E-state index is 13.7. The summed E-state index contributed by atoms with van der Waals surface area (Å²) in [6.07, 6.45) is 2.54. The molecular formula is C28H32ClN5O4. The van der Waals surface area contributed by atoms with Gasteiger partial charge in [0.25, 0.3) is 5.56 Å². The zero-order valence-electron chi connectivity index (χ0n) is 21.9. The van der Waals surface area contributed by atoms with Crippen LogP contribution in [0.25, 0.3) is 22.6 Å². The molecule has 38 heavy (non-hydrogen) atoms. The van der Waals surface area contributed by atoms with E-state index in [1.54, 1.807) is 12.1 Å². The first kappa shape index (κ1) is 26.2. The molecule has 10 heteroatoms. The molecule has 1 aliphatic rings. The number of hydrogen-bond donors (Lipinski definition) is 1. The fourth-order valence-electron chi connectivity index (χ4n) is 5.07. The van der Waals surface area contributed by atoms with Gasteiger partial charge in [-0.05, 0) is 62.8 Å². The Kier molecular flexibility index (Phi) is 7.40. The number of imidazole rings is 1. The van der Waals surface area contributed by atoms with Crippen LogP contribution in [0.15, 0.2) is 46.0 Å². The molecule has 9 nitrogen and oxygen atoms in total. The summed E-state index contributed by atoms with van der Waals surface area (Å²) < 4.78 is 10.6. The topological polar surface area (TPSA) is 104 Å². The van der Waals surface area contributed by atoms with Crippen molar-refractivity contribution < 1.29 is 9.84 Å². The molecule has 3 heterocycles. The fourth-order valence-corrected chi connectivity index (χ4v) is 5.20. The van der Waals surface area contributed by atoms with Crippen molar-refractivity contribution in [2.75, 3.05) is 6.61 Å². The number of benzene rings is 1. The number of nitrogens with zero attached hydrogens (tertiary/aromatic N) is 5. The Morgan fingerprint density at radius 2 is 1.79 bits per heavy atom. The number of rotatable bonds is 9. The summed E-state index contributed by atoms with van der Waals surface area (Å²) in [6, 6.07) is 11.2. The van der Waals surface area contributed by atoms with Crippen LogP contribution in [0.3, 0.4) is 0 Å². The van der Waals surface area contributed by atoms with Gasteiger partial charge in [-0.25, -0.2) is 14.8 Å². The Hall–Kier alpha value is -3.43. The Morgan fingerprint density at radius 3 is 2.42 bits per heavy atom. The van der Waals surface area contributed by atoms with E-state index in [4.69, 9.17) is 26.3 Å². The van der Waals surface area contributed by atoms with Crippen molar-refractivity contribution in [1.82, 2.24) is 23.7 Å². The zero-order chi connectivity index (χ0) is 27.0. The second-order valence-electron chi connectivity index (χ2n) is 9.98. The molecular weight excluding hydrogens is 506 g/mol. The molecule has 0 amide bonds. The molecule has 200 valence electrons. The van der Waals surface area contributed by atoms with Crippen molar-refractivity contribution in [2.45, 2.75) is 65.8 Å². The van der Waals surface area contributed by atoms with E-state index in [-0.39, 0.29) is 19.3 Å². The maximum absolute atomic E-state index is 13.7. The summed E-state index contributed by atoms with van der Waals surface area (Å²) in [5.74, 6) is 1.79. The number of fused-ring (bicyclic) bond motifs is 1. The standard InChI is InChI=1S/C28H32ClN5O4/c1-4-32-26-24(27(36)33(28(32)37)12-5-13-35)34(16-19-6-8-20(29)9-7-19)25(31-26)22-10-11-23(30-18(22)3)38-21-14-17(2)15-21/h6-11,17,21,35H,4-5,12-16H2,1-3H3. The summed E-state index contributed by atoms with van der Waals surface area (Å²) in [6.45, 7) is 6.64. The maximum Gasteiger partial charge on any atom is 0.332 e. The van der Waals surface area contributed by atoms with Gasteiger partial charge in [0, 0.05) is 42.9 Å². The summed E-state index contributed by atoms with van der Waals surface area (Å²) >= 11 is 6.11. The summed E-state index contributed by atoms with van der Waals surface area (Å²) in [5, 5.41) is 9.96. The number of aliphatic hydroxyl groups excluding tert-OH is 1. The van der Waals surface area contributed by atoms with Gasteiger partial charge in [-0.15, -0.1) is 0 Å². The van der Waals surface area contributed by atoms with Crippen LogP contribution in [0.4, 0.5) is 0 Å². The molecule has 0 aliphatic heterocycles. The Morgan fingerprint density at radius 1 is 1.05 bits per heavy atom. The summed E-state index contributed by atoms with van der Waals surface area (Å²) in [5.41, 5.74) is 2.19. The molecule has 1 N–H and O–H groups in total. The smallest absolute Gasteiger partial charge is 0.332 e. The van der Waals surface area contributed by atoms with Gasteiger partial charge in [-0.2, -0.15) is 0 Å². The lowest BCUT2D eigenvalue weighted by Gasteiger charge is -2.32. The van der Waals surface area contributed by atoms with Crippen LogP contribution < -0.4 is 16.0 Å². The van der Waals surface area contributed by atoms with E-state index < -0.39 is 11.2 Å². The van der Waals surface area contributed by atoms with Gasteiger partial charge in [-0.3, -0.25) is 13.9 Å². The van der Waals surface area contributed by atoms with E-state index in [0.29, 0.717) is 59.0 Å². The van der Waals surface area contributed by atoms with Gasteiger partial charge in [-0.1, -0.05) is 30.7 Å². The van der Waals surface area contributed by atoms with E-state index in [9.17, 15) is 14.7 Å². The molecule has 0 radical (unpaired) electrons. The van der Waals surface area contributed by atoms with Crippen molar-refractivity contribution in [3.8, 4) is 17.3 Å². The Balaban J connectivity index is 1.69. The van der Waals surface area contributed by atoms with E-state index in [1.807, 2.05) is 42.7 Å². The van der Waals surface area contributed by atoms with Crippen molar-refractivity contribution in [3.05, 3.63) is 73.5 Å². The van der Waals surface area contributed by atoms with Crippen LogP contribution in [0.1, 0.15) is 44.4 Å². The minimum absolute atomic E-state index is 0.121. The number of pyridine rings is 1. The second-order valence-corrected chi connectivity index (χ2v) is 10.4. The van der Waals surface area contributed by atoms with E-state index in [0.717, 1.165) is 24.0 Å². The first-order chi connectivity index (χ1) is 18.3. The van der Waals surface area contributed by atoms with Gasteiger partial charge in [0.15, 0.2) is 11.2 Å². The molecule has 1 saturated carbocycles. The molecule has 0 saturated heterocycles. The van der Waals surface area contributed by atoms with Gasteiger partial charge < -0.3 is 14.4 Å². The highest BCUT2D eigenvalue weighted by Crippen LogP contribution is 2.32. The average molecular weight is 538 g/mol. The van der Waals surface area contributed by atoms with Crippen molar-refractivity contribution in [2.24, 2.45) is 5.92 Å². The van der Waals surface area contributed by atoms with Gasteiger partial charge in [0.05, 0.1) is 5.69 Å². The van der Waals surface area contributed by atoms with Crippen LogP contribution in [-0.2, 0) is 19.6 Å². The lowest BCUT2D eigenvalue weighted by atomic mass is 9.84. The predicted octanol–water partition coefficient (Wildman–Crippen LogP) is 4.01. The minimum Gasteiger partial charge on any atom is -0.474 e. The summed E-state index contributed by atoms with van der Waals surface area (Å²) in [7, 11) is 0. The molecule has 0 unspecified atom stereocenters. The number of hydrogen-bond acceptors (Lipinski definition) is 6. The fraction of sp³-hybridized carbons (Fsp3) is 0.429. The highest BCUT2D eigenvalue weighted by atomic mass is 35.5. The van der Waals surface area contributed by atoms with E-state index >= 15 is 0 Å². The third kappa shape index (κ3) is 4.88. The quantitative estimate of drug-likeness (QED) is 0.346. The van der Waals surface area contributed by atoms with Crippen molar-refractivity contribution in [1.29, 1.82) is 0 Å². The first-order valence-corrected chi connectivity index (χ1v) is 13.4. The third-order valence-corrected chi connectivity index (χ3v) is 7.40. The van der Waals surface area contributed by atoms with Crippen LogP contribution in [-0.4, -0.2) is 41.5 Å². The molecule has 3 aromatic heterocycles. The molecule has 1 aromatic carbocycles. The number of aromatic nitrogens is 5. The Bertz CT molecular complexity index is 1580. The number of aryl methyl sites for hydroxylation is 2. The second kappa shape index (κ2) is 10.7. The number of ether oxygens (including phenoxy) is 1. The van der Waals surface area contributed by atoms with Crippen molar-refractivity contribution >= 4 is 22.8 Å². The normalized spacial score (nSPS) is 17.1. The van der Waals surface area contributed by atoms with Gasteiger partial charge in [0.2, 0.25) is 5.88 Å². The largest absolute Gasteiger partial charge is 0.474 e. The summed E-state index contributed by atoms with van der Waals surface area (Å²) in [4.78, 5) is 36.5. The van der Waals surface area contributed by atoms with Crippen molar-refractivity contribution in [3.63, 3.8) is 0 Å². The minimum atomic E-state index is -0.436. The first-order valence-electron chi connectivity index (χ1n) is 13.0. The van der Waals surface area contributed by atoms with Crippen LogP contribution in [0.2, 0.25) is 5.02 Å². The highest BCUT2D eigenvalue weighted by Gasteiger charge is 2.28. The molecule has 0 spiro atoms. The molecule has 1 fully saturated rings. The van der Waals surface area contributed by atoms with Crippen LogP contribution in [0, 0.1) is 12.8 Å². The molecule has 4 aromatic rings. The average Bonchev–Trinajstić information content (AvgIpc) is 3.23. The molecule has 0 atom stereocenters. The van der Waals surface area contributed by atoms with E-state index in [1.165, 1.54) is 9.13 Å². The monoisotopic (exact) mass is 537 g/mol. The lowest BCUT2D eigenvalue weighted by molar-refractivity contribution is 0.0694. The van der Waals surface area contributed by atoms with Crippen LogP contribution in [0.5, 0.6) is 5.88 Å². The van der Waals surface area contributed by atoms with Gasteiger partial charge in [0.1, 0.15) is 11.9 Å². The van der Waals surface area contributed by atoms with Gasteiger partial charge >= 0.3 is 5.69 Å². The molecule has 5 rings (SSSR count). The van der Waals surface area contributed by atoms with Crippen LogP contribution >= 0.6 is 11.6 Å².